The van der Waals surface area contributed by atoms with E-state index in [1.165, 1.54) is 0 Å². The maximum Gasteiger partial charge on any atom is 0.127 e. The minimum Gasteiger partial charge on any atom is -0.497 e. The zero-order chi connectivity index (χ0) is 15.3. The molecule has 1 unspecified atom stereocenters. The number of hydrogen-bond donors (Lipinski definition) is 1. The van der Waals surface area contributed by atoms with Crippen LogP contribution < -0.4 is 15.2 Å². The van der Waals surface area contributed by atoms with E-state index >= 15 is 0 Å². The van der Waals surface area contributed by atoms with Crippen LogP contribution in [0.5, 0.6) is 11.5 Å². The molecule has 0 amide bonds. The molecule has 1 aromatic rings. The van der Waals surface area contributed by atoms with Crippen LogP contribution >= 0.6 is 0 Å². The molecule has 1 aliphatic rings. The van der Waals surface area contributed by atoms with Crippen molar-refractivity contribution in [3.05, 3.63) is 23.8 Å². The summed E-state index contributed by atoms with van der Waals surface area (Å²) in [5.74, 6) is 1.48. The van der Waals surface area contributed by atoms with Crippen molar-refractivity contribution in [3.63, 3.8) is 0 Å². The Balaban J connectivity index is 2.33. The summed E-state index contributed by atoms with van der Waals surface area (Å²) in [5, 5.41) is 0. The van der Waals surface area contributed by atoms with E-state index in [0.717, 1.165) is 29.9 Å². The summed E-state index contributed by atoms with van der Waals surface area (Å²) in [6, 6.07) is 5.45. The summed E-state index contributed by atoms with van der Waals surface area (Å²) >= 11 is 0. The number of nitrogens with two attached hydrogens (primary N) is 1. The highest BCUT2D eigenvalue weighted by Crippen LogP contribution is 2.40. The standard InChI is InChI=1S/C16H25NO4/c1-4-21-16(7-9-20-10-8-16)15(17)13-6-5-12(18-2)11-14(13)19-3/h5-6,11,15H,4,7-10,17H2,1-3H3. The van der Waals surface area contributed by atoms with Gasteiger partial charge in [-0.1, -0.05) is 0 Å². The van der Waals surface area contributed by atoms with Gasteiger partial charge in [0, 0.05) is 44.3 Å². The Morgan fingerprint density at radius 3 is 2.52 bits per heavy atom. The molecular weight excluding hydrogens is 270 g/mol. The highest BCUT2D eigenvalue weighted by molar-refractivity contribution is 5.43. The molecule has 118 valence electrons. The van der Waals surface area contributed by atoms with Gasteiger partial charge in [0.25, 0.3) is 0 Å². The number of hydrogen-bond acceptors (Lipinski definition) is 5. The molecule has 0 bridgehead atoms. The molecule has 0 aromatic heterocycles. The van der Waals surface area contributed by atoms with E-state index in [2.05, 4.69) is 0 Å². The van der Waals surface area contributed by atoms with Crippen molar-refractivity contribution in [1.29, 1.82) is 0 Å². The van der Waals surface area contributed by atoms with Gasteiger partial charge >= 0.3 is 0 Å². The number of methoxy groups -OCH3 is 2. The van der Waals surface area contributed by atoms with E-state index in [-0.39, 0.29) is 6.04 Å². The zero-order valence-corrected chi connectivity index (χ0v) is 13.1. The van der Waals surface area contributed by atoms with E-state index in [1.54, 1.807) is 14.2 Å². The molecule has 2 N–H and O–H groups in total. The lowest BCUT2D eigenvalue weighted by molar-refractivity contribution is -0.121. The summed E-state index contributed by atoms with van der Waals surface area (Å²) < 4.78 is 22.2. The van der Waals surface area contributed by atoms with E-state index in [1.807, 2.05) is 25.1 Å². The first-order chi connectivity index (χ1) is 10.2. The number of rotatable bonds is 6. The van der Waals surface area contributed by atoms with Gasteiger partial charge < -0.3 is 24.7 Å². The predicted octanol–water partition coefficient (Wildman–Crippen LogP) is 2.29. The number of ether oxygens (including phenoxy) is 4. The lowest BCUT2D eigenvalue weighted by Crippen LogP contribution is -2.48. The second kappa shape index (κ2) is 7.11. The molecule has 1 aliphatic heterocycles. The topological polar surface area (TPSA) is 62.9 Å². The molecule has 1 saturated heterocycles. The van der Waals surface area contributed by atoms with Crippen molar-refractivity contribution in [3.8, 4) is 11.5 Å². The maximum atomic E-state index is 6.56. The first-order valence-electron chi connectivity index (χ1n) is 7.36. The smallest absolute Gasteiger partial charge is 0.127 e. The van der Waals surface area contributed by atoms with Crippen molar-refractivity contribution in [1.82, 2.24) is 0 Å². The van der Waals surface area contributed by atoms with Crippen LogP contribution in [0.2, 0.25) is 0 Å². The molecule has 1 aromatic carbocycles. The van der Waals surface area contributed by atoms with Crippen LogP contribution in [0.15, 0.2) is 18.2 Å². The van der Waals surface area contributed by atoms with Gasteiger partial charge in [0.1, 0.15) is 11.5 Å². The third-order valence-corrected chi connectivity index (χ3v) is 4.11. The summed E-state index contributed by atoms with van der Waals surface area (Å²) in [4.78, 5) is 0. The SMILES string of the molecule is CCOC1(C(N)c2ccc(OC)cc2OC)CCOCC1. The van der Waals surface area contributed by atoms with Crippen LogP contribution in [0.4, 0.5) is 0 Å². The molecule has 0 saturated carbocycles. The Kier molecular flexibility index (Phi) is 5.45. The highest BCUT2D eigenvalue weighted by Gasteiger charge is 2.41. The third-order valence-electron chi connectivity index (χ3n) is 4.11. The van der Waals surface area contributed by atoms with Crippen LogP contribution in [0.1, 0.15) is 31.4 Å². The fourth-order valence-corrected chi connectivity index (χ4v) is 2.91. The zero-order valence-electron chi connectivity index (χ0n) is 13.1. The van der Waals surface area contributed by atoms with Crippen LogP contribution in [-0.2, 0) is 9.47 Å². The molecule has 1 heterocycles. The molecule has 1 fully saturated rings. The fraction of sp³-hybridized carbons (Fsp3) is 0.625. The van der Waals surface area contributed by atoms with Crippen molar-refractivity contribution in [2.24, 2.45) is 5.73 Å². The monoisotopic (exact) mass is 295 g/mol. The van der Waals surface area contributed by atoms with Crippen LogP contribution in [0.25, 0.3) is 0 Å². The molecular formula is C16H25NO4. The van der Waals surface area contributed by atoms with E-state index in [9.17, 15) is 0 Å². The predicted molar refractivity (Wildman–Crippen MR) is 80.9 cm³/mol. The Hall–Kier alpha value is -1.30. The summed E-state index contributed by atoms with van der Waals surface area (Å²) in [6.07, 6.45) is 1.58. The molecule has 0 radical (unpaired) electrons. The number of benzene rings is 1. The van der Waals surface area contributed by atoms with Crippen molar-refractivity contribution >= 4 is 0 Å². The van der Waals surface area contributed by atoms with Gasteiger partial charge in [0.2, 0.25) is 0 Å². The average Bonchev–Trinajstić information content (AvgIpc) is 2.54. The highest BCUT2D eigenvalue weighted by atomic mass is 16.5. The van der Waals surface area contributed by atoms with Crippen LogP contribution in [0, 0.1) is 0 Å². The molecule has 21 heavy (non-hydrogen) atoms. The third kappa shape index (κ3) is 3.31. The molecule has 5 nitrogen and oxygen atoms in total. The first-order valence-corrected chi connectivity index (χ1v) is 7.36. The van der Waals surface area contributed by atoms with Gasteiger partial charge in [0.05, 0.1) is 25.9 Å². The average molecular weight is 295 g/mol. The minimum absolute atomic E-state index is 0.262. The van der Waals surface area contributed by atoms with Gasteiger partial charge in [-0.15, -0.1) is 0 Å². The summed E-state index contributed by atoms with van der Waals surface area (Å²) in [6.45, 7) is 3.97. The quantitative estimate of drug-likeness (QED) is 0.872. The Bertz CT molecular complexity index is 452. The molecule has 1 atom stereocenters. The summed E-state index contributed by atoms with van der Waals surface area (Å²) in [7, 11) is 3.27. The maximum absolute atomic E-state index is 6.56. The van der Waals surface area contributed by atoms with Crippen LogP contribution in [-0.4, -0.2) is 39.6 Å². The largest absolute Gasteiger partial charge is 0.497 e. The minimum atomic E-state index is -0.394. The second-order valence-corrected chi connectivity index (χ2v) is 5.20. The van der Waals surface area contributed by atoms with Crippen LogP contribution in [0.3, 0.4) is 0 Å². The van der Waals surface area contributed by atoms with Gasteiger partial charge in [-0.05, 0) is 19.1 Å². The second-order valence-electron chi connectivity index (χ2n) is 5.20. The summed E-state index contributed by atoms with van der Waals surface area (Å²) in [5.41, 5.74) is 7.10. The van der Waals surface area contributed by atoms with Crippen molar-refractivity contribution in [2.45, 2.75) is 31.4 Å². The van der Waals surface area contributed by atoms with Crippen molar-refractivity contribution in [2.75, 3.05) is 34.0 Å². The van der Waals surface area contributed by atoms with Gasteiger partial charge in [-0.2, -0.15) is 0 Å². The Morgan fingerprint density at radius 2 is 1.95 bits per heavy atom. The fourth-order valence-electron chi connectivity index (χ4n) is 2.91. The Labute approximate surface area is 126 Å². The van der Waals surface area contributed by atoms with E-state index < -0.39 is 5.60 Å². The Morgan fingerprint density at radius 1 is 1.24 bits per heavy atom. The van der Waals surface area contributed by atoms with Crippen molar-refractivity contribution < 1.29 is 18.9 Å². The molecule has 0 spiro atoms. The first kappa shape index (κ1) is 16.1. The van der Waals surface area contributed by atoms with Gasteiger partial charge in [-0.3, -0.25) is 0 Å². The lowest BCUT2D eigenvalue weighted by atomic mass is 9.82. The normalized spacial score (nSPS) is 19.0. The van der Waals surface area contributed by atoms with Gasteiger partial charge in [0.15, 0.2) is 0 Å². The molecule has 2 rings (SSSR count). The molecule has 5 heteroatoms. The van der Waals surface area contributed by atoms with E-state index in [4.69, 9.17) is 24.7 Å². The lowest BCUT2D eigenvalue weighted by Gasteiger charge is -2.41. The van der Waals surface area contributed by atoms with E-state index in [0.29, 0.717) is 19.8 Å². The molecule has 0 aliphatic carbocycles. The van der Waals surface area contributed by atoms with Gasteiger partial charge in [-0.25, -0.2) is 0 Å².